The number of carbonyl (C=O) groups excluding carboxylic acids is 1. The van der Waals surface area contributed by atoms with Gasteiger partial charge in [-0.25, -0.2) is 0 Å². The number of carbonyl (C=O) groups is 1. The van der Waals surface area contributed by atoms with E-state index in [1.54, 1.807) is 0 Å². The fourth-order valence-electron chi connectivity index (χ4n) is 2.46. The first-order chi connectivity index (χ1) is 8.08. The highest BCUT2D eigenvalue weighted by molar-refractivity contribution is 5.77. The molecule has 1 saturated heterocycles. The normalized spacial score (nSPS) is 19.4. The first-order valence-electron chi connectivity index (χ1n) is 7.09. The van der Waals surface area contributed by atoms with Crippen molar-refractivity contribution in [3.63, 3.8) is 0 Å². The third-order valence-corrected chi connectivity index (χ3v) is 3.60. The summed E-state index contributed by atoms with van der Waals surface area (Å²) in [7, 11) is 0. The second kappa shape index (κ2) is 7.00. The minimum Gasteiger partial charge on any atom is -0.335 e. The van der Waals surface area contributed by atoms with Crippen molar-refractivity contribution in [1.29, 1.82) is 0 Å². The van der Waals surface area contributed by atoms with Gasteiger partial charge in [-0.15, -0.1) is 0 Å². The van der Waals surface area contributed by atoms with Crippen molar-refractivity contribution in [2.24, 2.45) is 0 Å². The molecule has 0 saturated carbocycles. The average Bonchev–Trinajstić information content (AvgIpc) is 2.28. The summed E-state index contributed by atoms with van der Waals surface area (Å²) in [6.07, 6.45) is 6.82. The predicted octanol–water partition coefficient (Wildman–Crippen LogP) is 2.56. The lowest BCUT2D eigenvalue weighted by Crippen LogP contribution is -2.59. The number of nitrogens with zero attached hydrogens (tertiary/aromatic N) is 1. The van der Waals surface area contributed by atoms with E-state index in [1.165, 1.54) is 25.7 Å². The molecule has 0 unspecified atom stereocenters. The van der Waals surface area contributed by atoms with E-state index in [-0.39, 0.29) is 5.54 Å². The van der Waals surface area contributed by atoms with Crippen LogP contribution in [0.2, 0.25) is 0 Å². The van der Waals surface area contributed by atoms with Crippen molar-refractivity contribution in [3.8, 4) is 0 Å². The van der Waals surface area contributed by atoms with E-state index in [0.29, 0.717) is 5.91 Å². The van der Waals surface area contributed by atoms with Gasteiger partial charge in [0.25, 0.3) is 0 Å². The van der Waals surface area contributed by atoms with Gasteiger partial charge in [-0.05, 0) is 20.3 Å². The fourth-order valence-corrected chi connectivity index (χ4v) is 2.46. The van der Waals surface area contributed by atoms with Gasteiger partial charge >= 0.3 is 0 Å². The monoisotopic (exact) mass is 240 g/mol. The van der Waals surface area contributed by atoms with Crippen LogP contribution in [0.25, 0.3) is 0 Å². The summed E-state index contributed by atoms with van der Waals surface area (Å²) in [6.45, 7) is 9.22. The second-order valence-corrected chi connectivity index (χ2v) is 5.70. The van der Waals surface area contributed by atoms with Crippen LogP contribution in [0, 0.1) is 0 Å². The van der Waals surface area contributed by atoms with Gasteiger partial charge in [0.05, 0.1) is 0 Å². The number of unbranched alkanes of at least 4 members (excludes halogenated alkanes) is 4. The Morgan fingerprint density at radius 3 is 2.59 bits per heavy atom. The third kappa shape index (κ3) is 4.66. The number of piperazine rings is 1. The Kier molecular flexibility index (Phi) is 5.96. The standard InChI is InChI=1S/C14H28N2O/c1-4-5-6-7-8-9-13(17)16-11-10-15-12-14(16,2)3/h15H,4-12H2,1-3H3. The Bertz CT molecular complexity index is 238. The molecule has 17 heavy (non-hydrogen) atoms. The zero-order valence-electron chi connectivity index (χ0n) is 11.7. The summed E-state index contributed by atoms with van der Waals surface area (Å²) in [4.78, 5) is 14.2. The molecule has 3 heteroatoms. The smallest absolute Gasteiger partial charge is 0.223 e. The quantitative estimate of drug-likeness (QED) is 0.724. The molecule has 0 aromatic rings. The highest BCUT2D eigenvalue weighted by Gasteiger charge is 2.32. The largest absolute Gasteiger partial charge is 0.335 e. The Hall–Kier alpha value is -0.570. The number of rotatable bonds is 6. The molecule has 0 aliphatic carbocycles. The van der Waals surface area contributed by atoms with Crippen molar-refractivity contribution >= 4 is 5.91 Å². The molecule has 0 atom stereocenters. The van der Waals surface area contributed by atoms with Crippen LogP contribution in [0.5, 0.6) is 0 Å². The maximum atomic E-state index is 12.1. The Labute approximate surface area is 106 Å². The van der Waals surface area contributed by atoms with Gasteiger partial charge in [0.1, 0.15) is 0 Å². The van der Waals surface area contributed by atoms with Crippen LogP contribution < -0.4 is 5.32 Å². The van der Waals surface area contributed by atoms with E-state index in [2.05, 4.69) is 31.0 Å². The van der Waals surface area contributed by atoms with Crippen LogP contribution in [0.15, 0.2) is 0 Å². The summed E-state index contributed by atoms with van der Waals surface area (Å²) in [5.74, 6) is 0.341. The Balaban J connectivity index is 2.26. The van der Waals surface area contributed by atoms with Gasteiger partial charge in [0.2, 0.25) is 5.91 Å². The zero-order chi connectivity index (χ0) is 12.7. The molecule has 1 N–H and O–H groups in total. The molecule has 0 spiro atoms. The number of hydrogen-bond donors (Lipinski definition) is 1. The molecule has 1 amide bonds. The highest BCUT2D eigenvalue weighted by Crippen LogP contribution is 2.18. The van der Waals surface area contributed by atoms with E-state index in [1.807, 2.05) is 0 Å². The van der Waals surface area contributed by atoms with Crippen LogP contribution >= 0.6 is 0 Å². The lowest BCUT2D eigenvalue weighted by Gasteiger charge is -2.43. The summed E-state index contributed by atoms with van der Waals surface area (Å²) in [5, 5.41) is 3.35. The molecule has 100 valence electrons. The Morgan fingerprint density at radius 2 is 1.94 bits per heavy atom. The molecule has 1 heterocycles. The Morgan fingerprint density at radius 1 is 1.24 bits per heavy atom. The molecule has 0 aromatic heterocycles. The van der Waals surface area contributed by atoms with E-state index in [4.69, 9.17) is 0 Å². The van der Waals surface area contributed by atoms with E-state index < -0.39 is 0 Å². The van der Waals surface area contributed by atoms with Gasteiger partial charge in [-0.1, -0.05) is 32.6 Å². The van der Waals surface area contributed by atoms with Gasteiger partial charge in [-0.2, -0.15) is 0 Å². The van der Waals surface area contributed by atoms with Crippen molar-refractivity contribution in [2.75, 3.05) is 19.6 Å². The molecule has 0 aromatic carbocycles. The van der Waals surface area contributed by atoms with Crippen LogP contribution in [0.3, 0.4) is 0 Å². The first-order valence-corrected chi connectivity index (χ1v) is 7.09. The summed E-state index contributed by atoms with van der Waals surface area (Å²) in [5.41, 5.74) is -0.0151. The van der Waals surface area contributed by atoms with Crippen LogP contribution in [0.4, 0.5) is 0 Å². The van der Waals surface area contributed by atoms with Gasteiger partial charge in [0, 0.05) is 31.6 Å². The molecule has 1 rings (SSSR count). The minimum absolute atomic E-state index is 0.0151. The maximum absolute atomic E-state index is 12.1. The molecular formula is C14H28N2O. The third-order valence-electron chi connectivity index (χ3n) is 3.60. The first kappa shape index (κ1) is 14.5. The predicted molar refractivity (Wildman–Crippen MR) is 72.0 cm³/mol. The molecule has 1 aliphatic heterocycles. The molecule has 0 radical (unpaired) electrons. The fraction of sp³-hybridized carbons (Fsp3) is 0.929. The van der Waals surface area contributed by atoms with E-state index >= 15 is 0 Å². The molecule has 1 fully saturated rings. The van der Waals surface area contributed by atoms with Crippen molar-refractivity contribution in [2.45, 2.75) is 64.8 Å². The number of nitrogens with one attached hydrogen (secondary N) is 1. The topological polar surface area (TPSA) is 32.3 Å². The molecular weight excluding hydrogens is 212 g/mol. The molecule has 1 aliphatic rings. The van der Waals surface area contributed by atoms with Crippen molar-refractivity contribution < 1.29 is 4.79 Å². The van der Waals surface area contributed by atoms with Gasteiger partial charge in [0.15, 0.2) is 0 Å². The summed E-state index contributed by atoms with van der Waals surface area (Å²) in [6, 6.07) is 0. The zero-order valence-corrected chi connectivity index (χ0v) is 11.7. The van der Waals surface area contributed by atoms with Crippen molar-refractivity contribution in [3.05, 3.63) is 0 Å². The van der Waals surface area contributed by atoms with E-state index in [9.17, 15) is 4.79 Å². The maximum Gasteiger partial charge on any atom is 0.223 e. The number of hydrogen-bond acceptors (Lipinski definition) is 2. The summed E-state index contributed by atoms with van der Waals surface area (Å²) < 4.78 is 0. The molecule has 3 nitrogen and oxygen atoms in total. The van der Waals surface area contributed by atoms with Gasteiger partial charge < -0.3 is 10.2 Å². The second-order valence-electron chi connectivity index (χ2n) is 5.70. The van der Waals surface area contributed by atoms with E-state index in [0.717, 1.165) is 32.5 Å². The van der Waals surface area contributed by atoms with Crippen molar-refractivity contribution in [1.82, 2.24) is 10.2 Å². The van der Waals surface area contributed by atoms with Crippen LogP contribution in [-0.2, 0) is 4.79 Å². The average molecular weight is 240 g/mol. The summed E-state index contributed by atoms with van der Waals surface area (Å²) >= 11 is 0. The highest BCUT2D eigenvalue weighted by atomic mass is 16.2. The van der Waals surface area contributed by atoms with Crippen LogP contribution in [-0.4, -0.2) is 36.0 Å². The van der Waals surface area contributed by atoms with Gasteiger partial charge in [-0.3, -0.25) is 4.79 Å². The lowest BCUT2D eigenvalue weighted by atomic mass is 9.99. The van der Waals surface area contributed by atoms with Crippen LogP contribution in [0.1, 0.15) is 59.3 Å². The lowest BCUT2D eigenvalue weighted by molar-refractivity contribution is -0.137. The SMILES string of the molecule is CCCCCCCC(=O)N1CCNCC1(C)C. The molecule has 0 bridgehead atoms. The number of amides is 1. The minimum atomic E-state index is -0.0151.